The van der Waals surface area contributed by atoms with Gasteiger partial charge in [-0.25, -0.2) is 0 Å². The van der Waals surface area contributed by atoms with E-state index in [1.54, 1.807) is 22.8 Å². The number of amides is 2. The van der Waals surface area contributed by atoms with Crippen molar-refractivity contribution in [1.82, 2.24) is 9.80 Å². The highest BCUT2D eigenvalue weighted by atomic mass is 16.5. The normalized spacial score (nSPS) is 15.4. The average molecular weight is 376 g/mol. The maximum Gasteiger partial charge on any atom is 0.311 e. The van der Waals surface area contributed by atoms with Gasteiger partial charge in [-0.3, -0.25) is 14.4 Å². The van der Waals surface area contributed by atoms with Crippen LogP contribution in [-0.2, 0) is 25.5 Å². The Kier molecular flexibility index (Phi) is 7.21. The predicted molar refractivity (Wildman–Crippen MR) is 100 cm³/mol. The summed E-state index contributed by atoms with van der Waals surface area (Å²) in [5.41, 5.74) is 0.771. The second kappa shape index (κ2) is 9.39. The van der Waals surface area contributed by atoms with E-state index in [1.807, 2.05) is 32.0 Å². The van der Waals surface area contributed by atoms with Crippen molar-refractivity contribution in [3.63, 3.8) is 0 Å². The maximum atomic E-state index is 12.5. The van der Waals surface area contributed by atoms with E-state index < -0.39 is 12.1 Å². The summed E-state index contributed by atoms with van der Waals surface area (Å²) in [5, 5.41) is 0. The van der Waals surface area contributed by atoms with E-state index >= 15 is 0 Å². The smallest absolute Gasteiger partial charge is 0.311 e. The third-order valence-corrected chi connectivity index (χ3v) is 4.31. The van der Waals surface area contributed by atoms with Crippen LogP contribution in [-0.4, -0.2) is 66.0 Å². The Morgan fingerprint density at radius 3 is 2.26 bits per heavy atom. The fourth-order valence-electron chi connectivity index (χ4n) is 2.96. The molecule has 1 saturated heterocycles. The van der Waals surface area contributed by atoms with Crippen LogP contribution < -0.4 is 4.74 Å². The molecule has 0 saturated carbocycles. The molecule has 0 radical (unpaired) electrons. The summed E-state index contributed by atoms with van der Waals surface area (Å²) < 4.78 is 10.9. The van der Waals surface area contributed by atoms with Gasteiger partial charge in [0.25, 0.3) is 5.91 Å². The molecular weight excluding hydrogens is 348 g/mol. The number of carbonyl (C=O) groups excluding carboxylic acids is 3. The molecule has 7 nitrogen and oxygen atoms in total. The number of hydrogen-bond acceptors (Lipinski definition) is 5. The summed E-state index contributed by atoms with van der Waals surface area (Å²) in [7, 11) is 0. The highest BCUT2D eigenvalue weighted by Crippen LogP contribution is 2.16. The minimum absolute atomic E-state index is 0.00486. The lowest BCUT2D eigenvalue weighted by Crippen LogP contribution is -2.52. The van der Waals surface area contributed by atoms with E-state index in [0.717, 1.165) is 5.56 Å². The van der Waals surface area contributed by atoms with Gasteiger partial charge in [0, 0.05) is 33.1 Å². The Morgan fingerprint density at radius 2 is 1.67 bits per heavy atom. The Hall–Kier alpha value is -2.57. The van der Waals surface area contributed by atoms with E-state index in [9.17, 15) is 14.4 Å². The highest BCUT2D eigenvalue weighted by molar-refractivity contribution is 5.84. The zero-order valence-electron chi connectivity index (χ0n) is 16.4. The van der Waals surface area contributed by atoms with Gasteiger partial charge in [0.1, 0.15) is 5.75 Å². The minimum Gasteiger partial charge on any atom is -0.491 e. The summed E-state index contributed by atoms with van der Waals surface area (Å²) in [6.07, 6.45) is -0.727. The number of carbonyl (C=O) groups is 3. The molecule has 0 bridgehead atoms. The van der Waals surface area contributed by atoms with Crippen LogP contribution in [0.2, 0.25) is 0 Å². The van der Waals surface area contributed by atoms with E-state index in [1.165, 1.54) is 6.92 Å². The first-order valence-electron chi connectivity index (χ1n) is 9.25. The fourth-order valence-corrected chi connectivity index (χ4v) is 2.96. The van der Waals surface area contributed by atoms with Gasteiger partial charge >= 0.3 is 5.97 Å². The van der Waals surface area contributed by atoms with Crippen LogP contribution >= 0.6 is 0 Å². The quantitative estimate of drug-likeness (QED) is 0.706. The molecule has 2 amide bonds. The standard InChI is InChI=1S/C20H28N2O5/c1-14(2)26-18-7-5-6-17(12-18)13-19(24)27-15(3)20(25)22-10-8-21(9-11-22)16(4)23/h5-7,12,14-15H,8-11,13H2,1-4H3. The first kappa shape index (κ1) is 20.7. The molecule has 27 heavy (non-hydrogen) atoms. The van der Waals surface area contributed by atoms with E-state index in [0.29, 0.717) is 31.9 Å². The van der Waals surface area contributed by atoms with E-state index in [2.05, 4.69) is 0 Å². The molecule has 1 aliphatic heterocycles. The van der Waals surface area contributed by atoms with E-state index in [-0.39, 0.29) is 24.3 Å². The van der Waals surface area contributed by atoms with Crippen molar-refractivity contribution >= 4 is 17.8 Å². The predicted octanol–water partition coefficient (Wildman–Crippen LogP) is 1.64. The van der Waals surface area contributed by atoms with Crippen molar-refractivity contribution in [1.29, 1.82) is 0 Å². The van der Waals surface area contributed by atoms with Crippen molar-refractivity contribution < 1.29 is 23.9 Å². The number of benzene rings is 1. The van der Waals surface area contributed by atoms with E-state index in [4.69, 9.17) is 9.47 Å². The van der Waals surface area contributed by atoms with Crippen molar-refractivity contribution in [3.05, 3.63) is 29.8 Å². The van der Waals surface area contributed by atoms with Crippen LogP contribution in [0.15, 0.2) is 24.3 Å². The second-order valence-corrected chi connectivity index (χ2v) is 6.95. The van der Waals surface area contributed by atoms with Gasteiger partial charge < -0.3 is 19.3 Å². The number of hydrogen-bond donors (Lipinski definition) is 0. The summed E-state index contributed by atoms with van der Waals surface area (Å²) in [4.78, 5) is 39.4. The first-order chi connectivity index (χ1) is 12.8. The van der Waals surface area contributed by atoms with Gasteiger partial charge in [-0.2, -0.15) is 0 Å². The molecule has 1 aliphatic rings. The van der Waals surface area contributed by atoms with Gasteiger partial charge in [-0.05, 0) is 38.5 Å². The van der Waals surface area contributed by atoms with Crippen LogP contribution in [0, 0.1) is 0 Å². The van der Waals surface area contributed by atoms with Crippen LogP contribution in [0.5, 0.6) is 5.75 Å². The number of nitrogens with zero attached hydrogens (tertiary/aromatic N) is 2. The van der Waals surface area contributed by atoms with Gasteiger partial charge in [0.2, 0.25) is 5.91 Å². The fraction of sp³-hybridized carbons (Fsp3) is 0.550. The molecule has 1 atom stereocenters. The monoisotopic (exact) mass is 376 g/mol. The third kappa shape index (κ3) is 6.27. The zero-order valence-corrected chi connectivity index (χ0v) is 16.4. The SMILES string of the molecule is CC(=O)N1CCN(C(=O)C(C)OC(=O)Cc2cccc(OC(C)C)c2)CC1. The van der Waals surface area contributed by atoms with Gasteiger partial charge in [-0.15, -0.1) is 0 Å². The van der Waals surface area contributed by atoms with Crippen molar-refractivity contribution in [2.75, 3.05) is 26.2 Å². The molecule has 1 heterocycles. The van der Waals surface area contributed by atoms with Gasteiger partial charge in [-0.1, -0.05) is 12.1 Å². The Labute approximate surface area is 160 Å². The number of esters is 1. The second-order valence-electron chi connectivity index (χ2n) is 6.95. The molecule has 0 aliphatic carbocycles. The van der Waals surface area contributed by atoms with Gasteiger partial charge in [0.05, 0.1) is 12.5 Å². The summed E-state index contributed by atoms with van der Waals surface area (Å²) >= 11 is 0. The lowest BCUT2D eigenvalue weighted by atomic mass is 10.1. The minimum atomic E-state index is -0.850. The first-order valence-corrected chi connectivity index (χ1v) is 9.25. The number of ether oxygens (including phenoxy) is 2. The summed E-state index contributed by atoms with van der Waals surface area (Å²) in [6, 6.07) is 7.28. The summed E-state index contributed by atoms with van der Waals surface area (Å²) in [6.45, 7) is 8.88. The molecule has 1 fully saturated rings. The lowest BCUT2D eigenvalue weighted by molar-refractivity contribution is -0.159. The highest BCUT2D eigenvalue weighted by Gasteiger charge is 2.27. The Bertz CT molecular complexity index is 681. The molecule has 0 spiro atoms. The zero-order chi connectivity index (χ0) is 20.0. The average Bonchev–Trinajstić information content (AvgIpc) is 2.60. The van der Waals surface area contributed by atoms with Crippen LogP contribution in [0.4, 0.5) is 0 Å². The van der Waals surface area contributed by atoms with Crippen LogP contribution in [0.1, 0.15) is 33.3 Å². The lowest BCUT2D eigenvalue weighted by Gasteiger charge is -2.35. The molecule has 0 aromatic heterocycles. The molecule has 1 aromatic rings. The maximum absolute atomic E-state index is 12.5. The molecule has 1 aromatic carbocycles. The molecule has 2 rings (SSSR count). The molecule has 0 N–H and O–H groups in total. The largest absolute Gasteiger partial charge is 0.491 e. The number of piperazine rings is 1. The third-order valence-electron chi connectivity index (χ3n) is 4.31. The molecule has 148 valence electrons. The Morgan fingerprint density at radius 1 is 1.04 bits per heavy atom. The number of rotatable bonds is 6. The van der Waals surface area contributed by atoms with Crippen molar-refractivity contribution in [2.45, 2.75) is 46.3 Å². The van der Waals surface area contributed by atoms with Crippen LogP contribution in [0.3, 0.4) is 0 Å². The van der Waals surface area contributed by atoms with Crippen molar-refractivity contribution in [3.8, 4) is 5.75 Å². The van der Waals surface area contributed by atoms with Crippen molar-refractivity contribution in [2.24, 2.45) is 0 Å². The molecule has 7 heteroatoms. The molecular formula is C20H28N2O5. The van der Waals surface area contributed by atoms with Gasteiger partial charge in [0.15, 0.2) is 6.10 Å². The molecule has 1 unspecified atom stereocenters. The van der Waals surface area contributed by atoms with Crippen LogP contribution in [0.25, 0.3) is 0 Å². The summed E-state index contributed by atoms with van der Waals surface area (Å²) in [5.74, 6) is 0.0105. The Balaban J connectivity index is 1.84. The topological polar surface area (TPSA) is 76.2 Å².